The fourth-order valence-electron chi connectivity index (χ4n) is 2.56. The van der Waals surface area contributed by atoms with Crippen LogP contribution < -0.4 is 9.47 Å². The van der Waals surface area contributed by atoms with Gasteiger partial charge in [0, 0.05) is 12.1 Å². The zero-order valence-electron chi connectivity index (χ0n) is 16.0. The number of hydrogen-bond acceptors (Lipinski definition) is 5. The van der Waals surface area contributed by atoms with Crippen LogP contribution in [0.2, 0.25) is 5.02 Å². The van der Waals surface area contributed by atoms with E-state index in [1.165, 1.54) is 6.08 Å². The van der Waals surface area contributed by atoms with Gasteiger partial charge in [0.2, 0.25) is 5.88 Å². The number of nitriles is 1. The number of pyridine rings is 1. The first-order valence-corrected chi connectivity index (χ1v) is 9.29. The lowest BCUT2D eigenvalue weighted by molar-refractivity contribution is -0.131. The summed E-state index contributed by atoms with van der Waals surface area (Å²) in [7, 11) is 0. The monoisotopic (exact) mass is 420 g/mol. The van der Waals surface area contributed by atoms with E-state index in [0.29, 0.717) is 40.1 Å². The van der Waals surface area contributed by atoms with Gasteiger partial charge in [-0.25, -0.2) is 9.78 Å². The number of carbonyl (C=O) groups is 1. The van der Waals surface area contributed by atoms with E-state index in [1.807, 2.05) is 19.1 Å². The molecule has 0 aliphatic rings. The number of aliphatic carboxylic acids is 1. The maximum Gasteiger partial charge on any atom is 0.328 e. The van der Waals surface area contributed by atoms with Crippen molar-refractivity contribution in [2.24, 2.45) is 0 Å². The molecule has 0 unspecified atom stereocenters. The molecule has 0 saturated carbocycles. The van der Waals surface area contributed by atoms with Gasteiger partial charge < -0.3 is 14.6 Å². The van der Waals surface area contributed by atoms with Gasteiger partial charge in [0.25, 0.3) is 0 Å². The van der Waals surface area contributed by atoms with Crippen LogP contribution in [0.3, 0.4) is 0 Å². The van der Waals surface area contributed by atoms with Crippen LogP contribution in [0.15, 0.2) is 60.8 Å². The number of ether oxygens (including phenoxy) is 2. The number of rotatable bonds is 7. The molecule has 0 saturated heterocycles. The molecule has 30 heavy (non-hydrogen) atoms. The molecule has 0 bridgehead atoms. The molecule has 0 spiro atoms. The molecule has 0 atom stereocenters. The molecular weight excluding hydrogens is 404 g/mol. The summed E-state index contributed by atoms with van der Waals surface area (Å²) >= 11 is 6.26. The minimum absolute atomic E-state index is 0.341. The van der Waals surface area contributed by atoms with Crippen LogP contribution in [0.4, 0.5) is 0 Å². The zero-order valence-corrected chi connectivity index (χ0v) is 16.8. The van der Waals surface area contributed by atoms with Crippen LogP contribution in [0, 0.1) is 18.3 Å². The Morgan fingerprint density at radius 3 is 2.63 bits per heavy atom. The molecule has 7 heteroatoms. The predicted octanol–water partition coefficient (Wildman–Crippen LogP) is 5.38. The predicted molar refractivity (Wildman–Crippen MR) is 113 cm³/mol. The molecule has 1 N–H and O–H groups in total. The first kappa shape index (κ1) is 20.9. The molecule has 6 nitrogen and oxygen atoms in total. The third kappa shape index (κ3) is 5.60. The van der Waals surface area contributed by atoms with Crippen LogP contribution in [0.25, 0.3) is 6.08 Å². The van der Waals surface area contributed by atoms with E-state index >= 15 is 0 Å². The van der Waals surface area contributed by atoms with E-state index in [1.54, 1.807) is 42.6 Å². The average Bonchev–Trinajstić information content (AvgIpc) is 2.75. The summed E-state index contributed by atoms with van der Waals surface area (Å²) in [5.74, 6) is 0.302. The van der Waals surface area contributed by atoms with Gasteiger partial charge in [-0.15, -0.1) is 0 Å². The highest BCUT2D eigenvalue weighted by molar-refractivity contribution is 6.32. The fraction of sp³-hybridized carbons (Fsp3) is 0.0870. The average molecular weight is 421 g/mol. The van der Waals surface area contributed by atoms with Gasteiger partial charge >= 0.3 is 5.97 Å². The molecular formula is C23H17ClN2O4. The number of nitrogens with zero attached hydrogens (tertiary/aromatic N) is 2. The Bertz CT molecular complexity index is 1120. The molecule has 150 valence electrons. The highest BCUT2D eigenvalue weighted by Crippen LogP contribution is 2.32. The molecule has 1 aromatic heterocycles. The van der Waals surface area contributed by atoms with E-state index in [9.17, 15) is 4.79 Å². The van der Waals surface area contributed by atoms with Gasteiger partial charge in [-0.05, 0) is 60.0 Å². The van der Waals surface area contributed by atoms with Gasteiger partial charge in [-0.3, -0.25) is 0 Å². The number of carboxylic acid groups (broad SMARTS) is 1. The van der Waals surface area contributed by atoms with E-state index in [-0.39, 0.29) is 0 Å². The second kappa shape index (κ2) is 9.59. The highest BCUT2D eigenvalue weighted by atomic mass is 35.5. The Hall–Kier alpha value is -3.82. The Labute approximate surface area is 178 Å². The van der Waals surface area contributed by atoms with Crippen molar-refractivity contribution < 1.29 is 19.4 Å². The fourth-order valence-corrected chi connectivity index (χ4v) is 2.77. The van der Waals surface area contributed by atoms with Crippen molar-refractivity contribution in [3.8, 4) is 23.4 Å². The topological polar surface area (TPSA) is 92.4 Å². The van der Waals surface area contributed by atoms with Gasteiger partial charge in [0.1, 0.15) is 18.1 Å². The summed E-state index contributed by atoms with van der Waals surface area (Å²) < 4.78 is 11.4. The van der Waals surface area contributed by atoms with E-state index in [4.69, 9.17) is 31.4 Å². The largest absolute Gasteiger partial charge is 0.487 e. The van der Waals surface area contributed by atoms with Crippen molar-refractivity contribution >= 4 is 23.6 Å². The Morgan fingerprint density at radius 2 is 2.00 bits per heavy atom. The molecule has 0 aliphatic carbocycles. The normalized spacial score (nSPS) is 10.6. The second-order valence-electron chi connectivity index (χ2n) is 6.34. The van der Waals surface area contributed by atoms with Crippen molar-refractivity contribution in [3.63, 3.8) is 0 Å². The first-order chi connectivity index (χ1) is 14.4. The highest BCUT2D eigenvalue weighted by Gasteiger charge is 2.08. The maximum absolute atomic E-state index is 10.7. The summed E-state index contributed by atoms with van der Waals surface area (Å²) in [4.78, 5) is 14.9. The minimum atomic E-state index is -1.03. The van der Waals surface area contributed by atoms with E-state index < -0.39 is 5.97 Å². The quantitative estimate of drug-likeness (QED) is 0.515. The van der Waals surface area contributed by atoms with Crippen LogP contribution in [0.1, 0.15) is 22.3 Å². The van der Waals surface area contributed by atoms with Gasteiger partial charge in [0.15, 0.2) is 0 Å². The standard InChI is InChI=1S/C23H17ClN2O4/c1-15-10-21(20(24)11-18(15)6-9-23(27)28)30-22-8-7-19(13-26-22)29-14-17-4-2-16(12-25)3-5-17/h2-11,13H,14H2,1H3,(H,27,28)/b9-6+. The van der Waals surface area contributed by atoms with Crippen molar-refractivity contribution in [3.05, 3.63) is 88.1 Å². The van der Waals surface area contributed by atoms with Crippen molar-refractivity contribution in [2.75, 3.05) is 0 Å². The Kier molecular flexibility index (Phi) is 6.68. The SMILES string of the molecule is Cc1cc(Oc2ccc(OCc3ccc(C#N)cc3)cn2)c(Cl)cc1/C=C/C(=O)O. The number of hydrogen-bond donors (Lipinski definition) is 1. The van der Waals surface area contributed by atoms with E-state index in [2.05, 4.69) is 11.1 Å². The lowest BCUT2D eigenvalue weighted by Crippen LogP contribution is -1.96. The zero-order chi connectivity index (χ0) is 21.5. The van der Waals surface area contributed by atoms with Crippen molar-refractivity contribution in [1.29, 1.82) is 5.26 Å². The Balaban J connectivity index is 1.64. The summed E-state index contributed by atoms with van der Waals surface area (Å²) in [6.45, 7) is 2.18. The summed E-state index contributed by atoms with van der Waals surface area (Å²) in [5, 5.41) is 17.9. The molecule has 2 aromatic carbocycles. The lowest BCUT2D eigenvalue weighted by atomic mass is 10.1. The lowest BCUT2D eigenvalue weighted by Gasteiger charge is -2.11. The molecule has 3 aromatic rings. The smallest absolute Gasteiger partial charge is 0.328 e. The Morgan fingerprint density at radius 1 is 1.23 bits per heavy atom. The summed E-state index contributed by atoms with van der Waals surface area (Å²) in [5.41, 5.74) is 3.04. The first-order valence-electron chi connectivity index (χ1n) is 8.91. The number of halogens is 1. The minimum Gasteiger partial charge on any atom is -0.487 e. The molecule has 1 heterocycles. The van der Waals surface area contributed by atoms with Crippen molar-refractivity contribution in [1.82, 2.24) is 4.98 Å². The van der Waals surface area contributed by atoms with Crippen LogP contribution in [-0.4, -0.2) is 16.1 Å². The van der Waals surface area contributed by atoms with Crippen LogP contribution >= 0.6 is 11.6 Å². The molecule has 0 aliphatic heterocycles. The number of aryl methyl sites for hydroxylation is 1. The van der Waals surface area contributed by atoms with E-state index in [0.717, 1.165) is 17.2 Å². The summed E-state index contributed by atoms with van der Waals surface area (Å²) in [6, 6.07) is 16.0. The van der Waals surface area contributed by atoms with Gasteiger partial charge in [-0.2, -0.15) is 5.26 Å². The number of carboxylic acids is 1. The molecule has 0 amide bonds. The van der Waals surface area contributed by atoms with Gasteiger partial charge in [-0.1, -0.05) is 23.7 Å². The maximum atomic E-state index is 10.7. The summed E-state index contributed by atoms with van der Waals surface area (Å²) in [6.07, 6.45) is 4.08. The van der Waals surface area contributed by atoms with Crippen LogP contribution in [0.5, 0.6) is 17.4 Å². The third-order valence-electron chi connectivity index (χ3n) is 4.14. The van der Waals surface area contributed by atoms with Gasteiger partial charge in [0.05, 0.1) is 22.9 Å². The van der Waals surface area contributed by atoms with Crippen molar-refractivity contribution in [2.45, 2.75) is 13.5 Å². The molecule has 0 fully saturated rings. The van der Waals surface area contributed by atoms with Crippen LogP contribution in [-0.2, 0) is 11.4 Å². The third-order valence-corrected chi connectivity index (χ3v) is 4.43. The molecule has 0 radical (unpaired) electrons. The second-order valence-corrected chi connectivity index (χ2v) is 6.75. The number of benzene rings is 2. The number of aromatic nitrogens is 1. The molecule has 3 rings (SSSR count).